The molecule has 0 saturated carbocycles. The predicted molar refractivity (Wildman–Crippen MR) is 54.1 cm³/mol. The number of nitrogens with two attached hydrogens (primary N) is 1. The SMILES string of the molecule is NNC(=O)Cc1cccc(Cl)c1[N+](=O)[O-]. The summed E-state index contributed by atoms with van der Waals surface area (Å²) in [5.74, 6) is 4.37. The molecule has 1 rings (SSSR count). The van der Waals surface area contributed by atoms with Gasteiger partial charge in [-0.1, -0.05) is 23.7 Å². The molecule has 80 valence electrons. The Balaban J connectivity index is 3.11. The molecule has 0 heterocycles. The van der Waals surface area contributed by atoms with Crippen molar-refractivity contribution < 1.29 is 9.72 Å². The molecule has 1 aromatic carbocycles. The standard InChI is InChI=1S/C8H8ClN3O3/c9-6-3-1-2-5(4-7(13)11-10)8(6)12(14)15/h1-3H,4,10H2,(H,11,13). The van der Waals surface area contributed by atoms with Gasteiger partial charge in [0.1, 0.15) is 5.02 Å². The lowest BCUT2D eigenvalue weighted by Crippen LogP contribution is -2.31. The summed E-state index contributed by atoms with van der Waals surface area (Å²) in [5, 5.41) is 10.7. The zero-order chi connectivity index (χ0) is 11.4. The molecule has 0 aliphatic rings. The van der Waals surface area contributed by atoms with Crippen LogP contribution in [0, 0.1) is 10.1 Å². The van der Waals surface area contributed by atoms with Crippen molar-refractivity contribution in [2.24, 2.45) is 5.84 Å². The van der Waals surface area contributed by atoms with Crippen LogP contribution in [0.3, 0.4) is 0 Å². The maximum absolute atomic E-state index is 11.0. The molecule has 0 radical (unpaired) electrons. The molecule has 1 amide bonds. The highest BCUT2D eigenvalue weighted by molar-refractivity contribution is 6.32. The van der Waals surface area contributed by atoms with Gasteiger partial charge in [0.25, 0.3) is 5.69 Å². The van der Waals surface area contributed by atoms with E-state index in [4.69, 9.17) is 17.4 Å². The summed E-state index contributed by atoms with van der Waals surface area (Å²) in [5.41, 5.74) is 1.87. The van der Waals surface area contributed by atoms with Crippen molar-refractivity contribution in [3.63, 3.8) is 0 Å². The summed E-state index contributed by atoms with van der Waals surface area (Å²) in [6.45, 7) is 0. The van der Waals surface area contributed by atoms with Crippen LogP contribution >= 0.6 is 11.6 Å². The number of nitro groups is 1. The van der Waals surface area contributed by atoms with Gasteiger partial charge in [-0.15, -0.1) is 0 Å². The van der Waals surface area contributed by atoms with Gasteiger partial charge >= 0.3 is 0 Å². The van der Waals surface area contributed by atoms with E-state index in [0.29, 0.717) is 0 Å². The molecule has 0 aliphatic carbocycles. The number of hydrogen-bond acceptors (Lipinski definition) is 4. The molecule has 7 heteroatoms. The molecule has 0 aromatic heterocycles. The van der Waals surface area contributed by atoms with Gasteiger partial charge in [0.2, 0.25) is 5.91 Å². The van der Waals surface area contributed by atoms with Gasteiger partial charge in [-0.05, 0) is 6.07 Å². The lowest BCUT2D eigenvalue weighted by atomic mass is 10.1. The number of benzene rings is 1. The third-order valence-electron chi connectivity index (χ3n) is 1.76. The highest BCUT2D eigenvalue weighted by Gasteiger charge is 2.19. The van der Waals surface area contributed by atoms with Crippen molar-refractivity contribution in [3.8, 4) is 0 Å². The first kappa shape index (κ1) is 11.4. The van der Waals surface area contributed by atoms with E-state index in [2.05, 4.69) is 0 Å². The first-order chi connectivity index (χ1) is 7.06. The molecule has 0 aliphatic heterocycles. The maximum atomic E-state index is 11.0. The number of hydrogen-bond donors (Lipinski definition) is 2. The molecular formula is C8H8ClN3O3. The van der Waals surface area contributed by atoms with E-state index in [-0.39, 0.29) is 22.7 Å². The lowest BCUT2D eigenvalue weighted by Gasteiger charge is -2.02. The van der Waals surface area contributed by atoms with Gasteiger partial charge in [0.15, 0.2) is 0 Å². The largest absolute Gasteiger partial charge is 0.294 e. The number of para-hydroxylation sites is 1. The average molecular weight is 230 g/mol. The summed E-state index contributed by atoms with van der Waals surface area (Å²) in [4.78, 5) is 21.0. The molecule has 0 unspecified atom stereocenters. The van der Waals surface area contributed by atoms with Crippen LogP contribution in [0.5, 0.6) is 0 Å². The van der Waals surface area contributed by atoms with Crippen LogP contribution in [0.15, 0.2) is 18.2 Å². The quantitative estimate of drug-likeness (QED) is 0.346. The van der Waals surface area contributed by atoms with Crippen molar-refractivity contribution in [3.05, 3.63) is 38.9 Å². The molecule has 3 N–H and O–H groups in total. The minimum Gasteiger partial charge on any atom is -0.294 e. The molecule has 0 spiro atoms. The first-order valence-corrected chi connectivity index (χ1v) is 4.35. The molecule has 15 heavy (non-hydrogen) atoms. The second kappa shape index (κ2) is 4.72. The normalized spacial score (nSPS) is 9.73. The molecule has 0 bridgehead atoms. The van der Waals surface area contributed by atoms with E-state index in [1.165, 1.54) is 18.2 Å². The Bertz CT molecular complexity index is 408. The molecule has 1 aromatic rings. The first-order valence-electron chi connectivity index (χ1n) is 3.97. The third kappa shape index (κ3) is 2.64. The summed E-state index contributed by atoms with van der Waals surface area (Å²) in [6.07, 6.45) is -0.173. The monoisotopic (exact) mass is 229 g/mol. The van der Waals surface area contributed by atoms with Crippen LogP contribution < -0.4 is 11.3 Å². The second-order valence-corrected chi connectivity index (χ2v) is 3.16. The smallest absolute Gasteiger partial charge is 0.291 e. The number of carbonyl (C=O) groups is 1. The highest BCUT2D eigenvalue weighted by atomic mass is 35.5. The van der Waals surface area contributed by atoms with E-state index < -0.39 is 10.8 Å². The molecule has 0 fully saturated rings. The van der Waals surface area contributed by atoms with Crippen molar-refractivity contribution in [1.29, 1.82) is 0 Å². The van der Waals surface area contributed by atoms with Gasteiger partial charge in [-0.3, -0.25) is 20.3 Å². The summed E-state index contributed by atoms with van der Waals surface area (Å²) < 4.78 is 0. The minimum atomic E-state index is -0.624. The number of rotatable bonds is 3. The average Bonchev–Trinajstić information content (AvgIpc) is 2.17. The van der Waals surface area contributed by atoms with Crippen LogP contribution in [0.1, 0.15) is 5.56 Å². The number of halogens is 1. The Morgan fingerprint density at radius 1 is 1.60 bits per heavy atom. The topological polar surface area (TPSA) is 98.3 Å². The molecular weight excluding hydrogens is 222 g/mol. The van der Waals surface area contributed by atoms with Crippen molar-refractivity contribution in [2.75, 3.05) is 0 Å². The predicted octanol–water partition coefficient (Wildman–Crippen LogP) is 0.781. The summed E-state index contributed by atoms with van der Waals surface area (Å²) in [7, 11) is 0. The molecule has 6 nitrogen and oxygen atoms in total. The van der Waals surface area contributed by atoms with Crippen LogP contribution in [0.4, 0.5) is 5.69 Å². The molecule has 0 saturated heterocycles. The number of nitro benzene ring substituents is 1. The fourth-order valence-corrected chi connectivity index (χ4v) is 1.39. The fraction of sp³-hybridized carbons (Fsp3) is 0.125. The van der Waals surface area contributed by atoms with E-state index in [0.717, 1.165) is 0 Å². The number of nitrogens with zero attached hydrogens (tertiary/aromatic N) is 1. The molecule has 0 atom stereocenters. The summed E-state index contributed by atoms with van der Waals surface area (Å²) in [6, 6.07) is 4.39. The van der Waals surface area contributed by atoms with Gasteiger partial charge in [-0.2, -0.15) is 0 Å². The van der Waals surface area contributed by atoms with Crippen LogP contribution in [-0.4, -0.2) is 10.8 Å². The van der Waals surface area contributed by atoms with Crippen LogP contribution in [0.25, 0.3) is 0 Å². The number of hydrazine groups is 1. The van der Waals surface area contributed by atoms with Crippen LogP contribution in [0.2, 0.25) is 5.02 Å². The Morgan fingerprint density at radius 3 is 2.80 bits per heavy atom. The minimum absolute atomic E-state index is 0.00215. The van der Waals surface area contributed by atoms with E-state index in [9.17, 15) is 14.9 Å². The number of nitrogens with one attached hydrogen (secondary N) is 1. The zero-order valence-electron chi connectivity index (χ0n) is 7.57. The Hall–Kier alpha value is -1.66. The van der Waals surface area contributed by atoms with Gasteiger partial charge in [0.05, 0.1) is 11.3 Å². The Morgan fingerprint density at radius 2 is 2.27 bits per heavy atom. The van der Waals surface area contributed by atoms with E-state index >= 15 is 0 Å². The van der Waals surface area contributed by atoms with Crippen molar-refractivity contribution >= 4 is 23.2 Å². The zero-order valence-corrected chi connectivity index (χ0v) is 8.32. The highest BCUT2D eigenvalue weighted by Crippen LogP contribution is 2.28. The third-order valence-corrected chi connectivity index (χ3v) is 2.07. The second-order valence-electron chi connectivity index (χ2n) is 2.75. The van der Waals surface area contributed by atoms with Crippen molar-refractivity contribution in [2.45, 2.75) is 6.42 Å². The van der Waals surface area contributed by atoms with Crippen LogP contribution in [-0.2, 0) is 11.2 Å². The van der Waals surface area contributed by atoms with Crippen molar-refractivity contribution in [1.82, 2.24) is 5.43 Å². The van der Waals surface area contributed by atoms with Gasteiger partial charge in [-0.25, -0.2) is 5.84 Å². The van der Waals surface area contributed by atoms with Gasteiger partial charge < -0.3 is 0 Å². The number of carbonyl (C=O) groups excluding carboxylic acids is 1. The lowest BCUT2D eigenvalue weighted by molar-refractivity contribution is -0.385. The summed E-state index contributed by atoms with van der Waals surface area (Å²) >= 11 is 5.65. The van der Waals surface area contributed by atoms with E-state index in [1.807, 2.05) is 5.43 Å². The number of amides is 1. The fourth-order valence-electron chi connectivity index (χ4n) is 1.13. The maximum Gasteiger partial charge on any atom is 0.291 e. The van der Waals surface area contributed by atoms with Gasteiger partial charge in [0, 0.05) is 5.56 Å². The van der Waals surface area contributed by atoms with E-state index in [1.54, 1.807) is 0 Å². The Labute approximate surface area is 90.1 Å². The Kier molecular flexibility index (Phi) is 3.59.